The standard InChI is InChI=1S/2C8H10BNO3.C2H6/c1-6(11)10-8-4-2-3-7(5-8)9(12)13;1-6(11)10-8-5-3-2-4-7(8)9(12)13;1-2/h2*2-5,12-13H,1H3,(H,10,11);1-2H3. The maximum atomic E-state index is 10.7. The summed E-state index contributed by atoms with van der Waals surface area (Å²) in [6.45, 7) is 6.75. The zero-order chi connectivity index (χ0) is 21.7. The average molecular weight is 388 g/mol. The summed E-state index contributed by atoms with van der Waals surface area (Å²) < 4.78 is 0. The van der Waals surface area contributed by atoms with Crippen molar-refractivity contribution in [3.8, 4) is 0 Å². The molecule has 0 radical (unpaired) electrons. The quantitative estimate of drug-likeness (QED) is 0.397. The molecule has 0 aliphatic rings. The fourth-order valence-corrected chi connectivity index (χ4v) is 2.01. The first kappa shape index (κ1) is 25.3. The summed E-state index contributed by atoms with van der Waals surface area (Å²) in [5, 5.41) is 40.5. The molecular weight excluding hydrogens is 362 g/mol. The van der Waals surface area contributed by atoms with Gasteiger partial charge in [0.05, 0.1) is 0 Å². The highest BCUT2D eigenvalue weighted by atomic mass is 16.4. The van der Waals surface area contributed by atoms with E-state index >= 15 is 0 Å². The molecule has 8 nitrogen and oxygen atoms in total. The molecule has 0 aliphatic carbocycles. The maximum Gasteiger partial charge on any atom is 0.490 e. The monoisotopic (exact) mass is 388 g/mol. The predicted octanol–water partition coefficient (Wildman–Crippen LogP) is -0.324. The van der Waals surface area contributed by atoms with Gasteiger partial charge in [-0.25, -0.2) is 0 Å². The molecule has 0 saturated heterocycles. The van der Waals surface area contributed by atoms with Crippen LogP contribution in [0.2, 0.25) is 0 Å². The van der Waals surface area contributed by atoms with Gasteiger partial charge in [0.15, 0.2) is 0 Å². The Balaban J connectivity index is 0.000000478. The van der Waals surface area contributed by atoms with Crippen LogP contribution in [0, 0.1) is 0 Å². The fourth-order valence-electron chi connectivity index (χ4n) is 2.01. The number of carbonyl (C=O) groups excluding carboxylic acids is 2. The van der Waals surface area contributed by atoms with Crippen LogP contribution in [0.15, 0.2) is 48.5 Å². The molecule has 10 heteroatoms. The van der Waals surface area contributed by atoms with Gasteiger partial charge in [-0.2, -0.15) is 0 Å². The first-order valence-corrected chi connectivity index (χ1v) is 8.67. The van der Waals surface area contributed by atoms with Crippen molar-refractivity contribution in [1.82, 2.24) is 0 Å². The van der Waals surface area contributed by atoms with Crippen LogP contribution in [-0.4, -0.2) is 46.1 Å². The third kappa shape index (κ3) is 9.89. The Morgan fingerprint density at radius 2 is 1.36 bits per heavy atom. The molecule has 0 unspecified atom stereocenters. The lowest BCUT2D eigenvalue weighted by atomic mass is 9.79. The number of nitrogens with one attached hydrogen (secondary N) is 2. The maximum absolute atomic E-state index is 10.7. The van der Waals surface area contributed by atoms with Gasteiger partial charge in [0.2, 0.25) is 11.8 Å². The fraction of sp³-hybridized carbons (Fsp3) is 0.222. The normalized spacial score (nSPS) is 9.00. The van der Waals surface area contributed by atoms with Gasteiger partial charge < -0.3 is 30.7 Å². The van der Waals surface area contributed by atoms with Crippen LogP contribution >= 0.6 is 0 Å². The lowest BCUT2D eigenvalue weighted by molar-refractivity contribution is -0.115. The molecule has 2 amide bonds. The topological polar surface area (TPSA) is 139 Å². The summed E-state index contributed by atoms with van der Waals surface area (Å²) in [7, 11) is -3.07. The Morgan fingerprint density at radius 1 is 0.786 bits per heavy atom. The van der Waals surface area contributed by atoms with Crippen molar-refractivity contribution in [2.24, 2.45) is 0 Å². The van der Waals surface area contributed by atoms with Crippen molar-refractivity contribution in [2.45, 2.75) is 27.7 Å². The number of hydrogen-bond donors (Lipinski definition) is 6. The Morgan fingerprint density at radius 3 is 1.86 bits per heavy atom. The average Bonchev–Trinajstić information content (AvgIpc) is 2.63. The summed E-state index contributed by atoms with van der Waals surface area (Å²) in [5.74, 6) is -0.433. The molecule has 150 valence electrons. The van der Waals surface area contributed by atoms with Gasteiger partial charge in [0.25, 0.3) is 0 Å². The molecular formula is C18H26B2N2O6. The highest BCUT2D eigenvalue weighted by Crippen LogP contribution is 2.04. The second-order valence-corrected chi connectivity index (χ2v) is 5.32. The van der Waals surface area contributed by atoms with Gasteiger partial charge in [-0.3, -0.25) is 9.59 Å². The van der Waals surface area contributed by atoms with Gasteiger partial charge in [0, 0.05) is 30.7 Å². The molecule has 2 aromatic rings. The van der Waals surface area contributed by atoms with Crippen LogP contribution in [0.25, 0.3) is 0 Å². The van der Waals surface area contributed by atoms with Crippen LogP contribution in [0.1, 0.15) is 27.7 Å². The summed E-state index contributed by atoms with van der Waals surface area (Å²) in [5.41, 5.74) is 1.62. The number of carbonyl (C=O) groups is 2. The third-order valence-electron chi connectivity index (χ3n) is 3.05. The highest BCUT2D eigenvalue weighted by molar-refractivity contribution is 6.60. The van der Waals surface area contributed by atoms with E-state index in [2.05, 4.69) is 10.6 Å². The molecule has 0 fully saturated rings. The molecule has 0 heterocycles. The number of benzene rings is 2. The van der Waals surface area contributed by atoms with E-state index < -0.39 is 14.2 Å². The largest absolute Gasteiger partial charge is 0.490 e. The number of anilines is 2. The molecule has 2 rings (SSSR count). The number of para-hydroxylation sites is 1. The van der Waals surface area contributed by atoms with E-state index in [0.717, 1.165) is 0 Å². The SMILES string of the molecule is CC.CC(=O)Nc1cccc(B(O)O)c1.CC(=O)Nc1ccccc1B(O)O. The second-order valence-electron chi connectivity index (χ2n) is 5.32. The smallest absolute Gasteiger partial charge is 0.423 e. The predicted molar refractivity (Wildman–Crippen MR) is 112 cm³/mol. The summed E-state index contributed by atoms with van der Waals surface area (Å²) in [6, 6.07) is 12.9. The second kappa shape index (κ2) is 13.5. The molecule has 28 heavy (non-hydrogen) atoms. The third-order valence-corrected chi connectivity index (χ3v) is 3.05. The molecule has 0 aromatic heterocycles. The molecule has 2 aromatic carbocycles. The van der Waals surface area contributed by atoms with Gasteiger partial charge >= 0.3 is 14.2 Å². The van der Waals surface area contributed by atoms with E-state index in [4.69, 9.17) is 20.1 Å². The van der Waals surface area contributed by atoms with Gasteiger partial charge in [-0.15, -0.1) is 0 Å². The number of rotatable bonds is 4. The molecule has 0 atom stereocenters. The summed E-state index contributed by atoms with van der Waals surface area (Å²) in [4.78, 5) is 21.4. The van der Waals surface area contributed by atoms with E-state index in [1.807, 2.05) is 13.8 Å². The Bertz CT molecular complexity index is 756. The highest BCUT2D eigenvalue weighted by Gasteiger charge is 2.15. The van der Waals surface area contributed by atoms with Crippen molar-refractivity contribution < 1.29 is 29.7 Å². The van der Waals surface area contributed by atoms with Crippen LogP contribution in [0.5, 0.6) is 0 Å². The minimum absolute atomic E-state index is 0.190. The lowest BCUT2D eigenvalue weighted by Gasteiger charge is -2.07. The minimum Gasteiger partial charge on any atom is -0.423 e. The van der Waals surface area contributed by atoms with E-state index in [9.17, 15) is 9.59 Å². The van der Waals surface area contributed by atoms with Crippen LogP contribution in [-0.2, 0) is 9.59 Å². The lowest BCUT2D eigenvalue weighted by Crippen LogP contribution is -2.32. The van der Waals surface area contributed by atoms with E-state index in [1.54, 1.807) is 36.4 Å². The van der Waals surface area contributed by atoms with Crippen molar-refractivity contribution in [3.63, 3.8) is 0 Å². The van der Waals surface area contributed by atoms with Gasteiger partial charge in [-0.1, -0.05) is 44.2 Å². The van der Waals surface area contributed by atoms with Crippen LogP contribution in [0.3, 0.4) is 0 Å². The first-order chi connectivity index (χ1) is 13.2. The molecule has 0 saturated carbocycles. The van der Waals surface area contributed by atoms with E-state index in [1.165, 1.54) is 26.0 Å². The van der Waals surface area contributed by atoms with Crippen molar-refractivity contribution in [3.05, 3.63) is 48.5 Å². The first-order valence-electron chi connectivity index (χ1n) is 8.67. The molecule has 6 N–H and O–H groups in total. The van der Waals surface area contributed by atoms with E-state index in [-0.39, 0.29) is 17.3 Å². The zero-order valence-electron chi connectivity index (χ0n) is 16.4. The number of hydrogen-bond acceptors (Lipinski definition) is 6. The van der Waals surface area contributed by atoms with Crippen molar-refractivity contribution in [1.29, 1.82) is 0 Å². The molecule has 0 bridgehead atoms. The Labute approximate surface area is 165 Å². The van der Waals surface area contributed by atoms with Gasteiger partial charge in [-0.05, 0) is 23.7 Å². The summed E-state index contributed by atoms with van der Waals surface area (Å²) >= 11 is 0. The Hall–Kier alpha value is -2.65. The molecule has 0 aliphatic heterocycles. The zero-order valence-corrected chi connectivity index (χ0v) is 16.4. The number of amides is 2. The van der Waals surface area contributed by atoms with Gasteiger partial charge in [0.1, 0.15) is 0 Å². The molecule has 0 spiro atoms. The van der Waals surface area contributed by atoms with Crippen molar-refractivity contribution >= 4 is 48.4 Å². The Kier molecular flexibility index (Phi) is 12.2. The summed E-state index contributed by atoms with van der Waals surface area (Å²) in [6.07, 6.45) is 0. The van der Waals surface area contributed by atoms with E-state index in [0.29, 0.717) is 16.8 Å². The van der Waals surface area contributed by atoms with Crippen molar-refractivity contribution in [2.75, 3.05) is 10.6 Å². The van der Waals surface area contributed by atoms with Crippen LogP contribution in [0.4, 0.5) is 11.4 Å². The van der Waals surface area contributed by atoms with Crippen LogP contribution < -0.4 is 21.6 Å². The minimum atomic E-state index is -1.57.